The molecule has 2 aliphatic heterocycles. The van der Waals surface area contributed by atoms with Crippen molar-refractivity contribution in [2.24, 2.45) is 5.16 Å². The number of nitrogens with two attached hydrogens (primary N) is 1. The molecule has 0 spiro atoms. The Morgan fingerprint density at radius 1 is 1.33 bits per heavy atom. The van der Waals surface area contributed by atoms with E-state index in [0.29, 0.717) is 5.57 Å². The minimum atomic E-state index is -1.50. The van der Waals surface area contributed by atoms with Gasteiger partial charge in [0.15, 0.2) is 24.8 Å². The van der Waals surface area contributed by atoms with E-state index >= 15 is 0 Å². The lowest BCUT2D eigenvalue weighted by Gasteiger charge is -2.50. The maximum absolute atomic E-state index is 13.0. The van der Waals surface area contributed by atoms with Crippen molar-refractivity contribution in [1.29, 1.82) is 0 Å². The summed E-state index contributed by atoms with van der Waals surface area (Å²) in [6.45, 7) is -0.592. The molecule has 1 fully saturated rings. The fraction of sp³-hybridized carbons (Fsp3) is 0.238. The topological polar surface area (TPSA) is 204 Å². The first-order valence-corrected chi connectivity index (χ1v) is 11.4. The second-order valence-electron chi connectivity index (χ2n) is 7.56. The van der Waals surface area contributed by atoms with E-state index in [1.807, 2.05) is 6.07 Å². The van der Waals surface area contributed by atoms with Gasteiger partial charge in [0, 0.05) is 29.7 Å². The molecule has 0 bridgehead atoms. The molecule has 0 aromatic carbocycles. The summed E-state index contributed by atoms with van der Waals surface area (Å²) in [6.07, 6.45) is 4.79. The van der Waals surface area contributed by atoms with Crippen molar-refractivity contribution in [3.8, 4) is 0 Å². The summed E-state index contributed by atoms with van der Waals surface area (Å²) in [6, 6.07) is 5.68. The average Bonchev–Trinajstić information content (AvgIpc) is 2.85. The molecule has 14 nitrogen and oxygen atoms in total. The van der Waals surface area contributed by atoms with E-state index in [9.17, 15) is 24.3 Å². The number of anilines is 1. The molecule has 4 rings (SSSR count). The summed E-state index contributed by atoms with van der Waals surface area (Å²) in [5.74, 6) is -4.38. The molecule has 0 saturated carbocycles. The molecular weight excluding hydrogens is 494 g/mol. The van der Waals surface area contributed by atoms with Crippen molar-refractivity contribution >= 4 is 47.0 Å². The molecule has 2 amide bonds. The van der Waals surface area contributed by atoms with Crippen molar-refractivity contribution < 1.29 is 38.8 Å². The average molecular weight is 513 g/mol. The van der Waals surface area contributed by atoms with Crippen LogP contribution in [0.5, 0.6) is 0 Å². The zero-order valence-electron chi connectivity index (χ0n) is 18.4. The molecule has 4 N–H and O–H groups in total. The first-order valence-electron chi connectivity index (χ1n) is 10.4. The Balaban J connectivity index is 1.54. The number of nitrogens with one attached hydrogen (secondary N) is 1. The van der Waals surface area contributed by atoms with Crippen LogP contribution in [-0.2, 0) is 30.6 Å². The van der Waals surface area contributed by atoms with E-state index in [4.69, 9.17) is 10.8 Å². The third-order valence-corrected chi connectivity index (χ3v) is 6.47. The number of carboxylic acid groups (broad SMARTS) is 2. The first kappa shape index (κ1) is 24.6. The van der Waals surface area contributed by atoms with Crippen LogP contribution in [0.2, 0.25) is 0 Å². The summed E-state index contributed by atoms with van der Waals surface area (Å²) in [5.41, 5.74) is 5.38. The van der Waals surface area contributed by atoms with Crippen molar-refractivity contribution in [3.63, 3.8) is 0 Å². The Labute approximate surface area is 207 Å². The Hall–Kier alpha value is -4.53. The first-order chi connectivity index (χ1) is 17.3. The van der Waals surface area contributed by atoms with Crippen molar-refractivity contribution in [2.75, 3.05) is 18.1 Å². The molecule has 0 radical (unpaired) electrons. The van der Waals surface area contributed by atoms with Crippen LogP contribution in [0.1, 0.15) is 5.82 Å². The van der Waals surface area contributed by atoms with Crippen molar-refractivity contribution in [1.82, 2.24) is 20.2 Å². The fourth-order valence-electron chi connectivity index (χ4n) is 3.59. The number of hydrogen-bond donors (Lipinski definition) is 3. The number of nitrogens with zero attached hydrogens (tertiary/aromatic N) is 5. The van der Waals surface area contributed by atoms with Crippen LogP contribution < -0.4 is 20.7 Å². The fourth-order valence-corrected chi connectivity index (χ4v) is 4.92. The molecule has 2 atom stereocenters. The lowest BCUT2D eigenvalue weighted by molar-refractivity contribution is -0.689. The summed E-state index contributed by atoms with van der Waals surface area (Å²) >= 11 is 1.28. The van der Waals surface area contributed by atoms with Gasteiger partial charge in [-0.1, -0.05) is 11.2 Å². The predicted octanol–water partition coefficient (Wildman–Crippen LogP) is -2.74. The number of hydrogen-bond acceptors (Lipinski definition) is 11. The standard InChI is InChI=1S/C21H19N7O7S/c22-12-4-5-23-17(24-12)14(26-35-9-13(29)30)18(31)25-15-19(32)28-16(21(33)34)11(10-36-20(15)28)8-27-6-2-1-3-7-27/h1-7,15,20H,8-10H2,(H4-,22,23,24,25,29,30,31,33,34)/t15?,20-/m1/s1. The van der Waals surface area contributed by atoms with Gasteiger partial charge in [-0.15, -0.1) is 11.8 Å². The van der Waals surface area contributed by atoms with Gasteiger partial charge in [-0.3, -0.25) is 14.5 Å². The van der Waals surface area contributed by atoms with Crippen LogP contribution in [0.4, 0.5) is 5.82 Å². The molecule has 36 heavy (non-hydrogen) atoms. The molecule has 1 saturated heterocycles. The van der Waals surface area contributed by atoms with E-state index in [-0.39, 0.29) is 29.6 Å². The summed E-state index contributed by atoms with van der Waals surface area (Å²) in [7, 11) is 0. The van der Waals surface area contributed by atoms with Crippen molar-refractivity contribution in [3.05, 3.63) is 60.0 Å². The second kappa shape index (κ2) is 10.4. The minimum absolute atomic E-state index is 0.0139. The maximum Gasteiger partial charge on any atom is 0.344 e. The number of oxime groups is 1. The number of nitrogen functional groups attached to an aromatic ring is 1. The lowest BCUT2D eigenvalue weighted by Crippen LogP contribution is -2.71. The largest absolute Gasteiger partial charge is 0.543 e. The quantitative estimate of drug-likeness (QED) is 0.136. The molecule has 4 heterocycles. The van der Waals surface area contributed by atoms with Gasteiger partial charge in [-0.25, -0.2) is 19.3 Å². The highest BCUT2D eigenvalue weighted by atomic mass is 32.2. The summed E-state index contributed by atoms with van der Waals surface area (Å²) in [4.78, 5) is 62.1. The van der Waals surface area contributed by atoms with E-state index in [1.165, 1.54) is 24.0 Å². The number of carboxylic acids is 2. The Morgan fingerprint density at radius 2 is 2.08 bits per heavy atom. The molecule has 15 heteroatoms. The van der Waals surface area contributed by atoms with Gasteiger partial charge in [0.25, 0.3) is 11.8 Å². The minimum Gasteiger partial charge on any atom is -0.543 e. The number of thioether (sulfide) groups is 1. The SMILES string of the molecule is Nc1ccnc(C(=NOCC(=O)O)C(=O)NC2C(=O)N3C(C(=O)[O-])=C(C[n+]4ccccc4)CS[C@H]23)n1. The van der Waals surface area contributed by atoms with E-state index in [2.05, 4.69) is 25.3 Å². The van der Waals surface area contributed by atoms with Crippen LogP contribution in [0, 0.1) is 0 Å². The molecule has 1 unspecified atom stereocenters. The van der Waals surface area contributed by atoms with Crippen LogP contribution >= 0.6 is 11.8 Å². The number of rotatable bonds is 9. The van der Waals surface area contributed by atoms with Gasteiger partial charge in [-0.2, -0.15) is 0 Å². The van der Waals surface area contributed by atoms with Gasteiger partial charge in [0.05, 0.1) is 11.7 Å². The zero-order chi connectivity index (χ0) is 25.8. The predicted molar refractivity (Wildman–Crippen MR) is 120 cm³/mol. The molecule has 186 valence electrons. The number of aliphatic carboxylic acids is 2. The monoisotopic (exact) mass is 513 g/mol. The number of β-lactam (4-membered cyclic amide) rings is 1. The third kappa shape index (κ3) is 5.10. The second-order valence-corrected chi connectivity index (χ2v) is 8.67. The van der Waals surface area contributed by atoms with E-state index in [0.717, 1.165) is 4.90 Å². The number of amides is 2. The van der Waals surface area contributed by atoms with Crippen LogP contribution in [-0.4, -0.2) is 73.2 Å². The Kier molecular flexibility index (Phi) is 7.10. The smallest absolute Gasteiger partial charge is 0.344 e. The molecular formula is C21H19N7O7S. The van der Waals surface area contributed by atoms with Gasteiger partial charge < -0.3 is 30.9 Å². The van der Waals surface area contributed by atoms with Gasteiger partial charge in [0.1, 0.15) is 17.2 Å². The highest BCUT2D eigenvalue weighted by Gasteiger charge is 2.53. The van der Waals surface area contributed by atoms with Crippen LogP contribution in [0.25, 0.3) is 0 Å². The van der Waals surface area contributed by atoms with Gasteiger partial charge in [0.2, 0.25) is 12.3 Å². The summed E-state index contributed by atoms with van der Waals surface area (Å²) in [5, 5.41) is 26.0. The maximum atomic E-state index is 13.0. The van der Waals surface area contributed by atoms with Crippen LogP contribution in [0.3, 0.4) is 0 Å². The molecule has 2 aromatic rings. The van der Waals surface area contributed by atoms with Gasteiger partial charge >= 0.3 is 5.97 Å². The zero-order valence-corrected chi connectivity index (χ0v) is 19.3. The van der Waals surface area contributed by atoms with Crippen LogP contribution in [0.15, 0.2) is 59.3 Å². The highest BCUT2D eigenvalue weighted by Crippen LogP contribution is 2.40. The van der Waals surface area contributed by atoms with Crippen molar-refractivity contribution in [2.45, 2.75) is 18.0 Å². The number of carbonyl (C=O) groups excluding carboxylic acids is 3. The Bertz CT molecular complexity index is 1280. The number of fused-ring (bicyclic) bond motifs is 1. The molecule has 0 aliphatic carbocycles. The molecule has 2 aromatic heterocycles. The third-order valence-electron chi connectivity index (χ3n) is 5.13. The highest BCUT2D eigenvalue weighted by molar-refractivity contribution is 8.00. The van der Waals surface area contributed by atoms with E-state index in [1.54, 1.807) is 29.1 Å². The van der Waals surface area contributed by atoms with Gasteiger partial charge in [-0.05, 0) is 6.07 Å². The lowest BCUT2D eigenvalue weighted by atomic mass is 10.0. The normalized spacial score (nSPS) is 19.3. The number of pyridine rings is 1. The number of aromatic nitrogens is 3. The summed E-state index contributed by atoms with van der Waals surface area (Å²) < 4.78 is 1.77. The number of carbonyl (C=O) groups is 4. The Morgan fingerprint density at radius 3 is 2.75 bits per heavy atom. The molecule has 2 aliphatic rings. The van der Waals surface area contributed by atoms with E-state index < -0.39 is 47.5 Å².